The Kier molecular flexibility index (Phi) is 7.65. The van der Waals surface area contributed by atoms with Gasteiger partial charge in [-0.25, -0.2) is 5.43 Å². The van der Waals surface area contributed by atoms with E-state index in [2.05, 4.69) is 15.8 Å². The zero-order valence-electron chi connectivity index (χ0n) is 16.6. The highest BCUT2D eigenvalue weighted by molar-refractivity contribution is 6.39. The molecule has 3 aromatic carbocycles. The van der Waals surface area contributed by atoms with Gasteiger partial charge in [0.05, 0.1) is 11.2 Å². The zero-order chi connectivity index (χ0) is 22.2. The maximum absolute atomic E-state index is 11.9. The number of anilines is 1. The molecule has 0 bridgehead atoms. The van der Waals surface area contributed by atoms with Crippen LogP contribution in [0.1, 0.15) is 16.7 Å². The Hall–Kier alpha value is -3.35. The van der Waals surface area contributed by atoms with Crippen molar-refractivity contribution in [3.8, 4) is 5.75 Å². The normalized spacial score (nSPS) is 10.7. The van der Waals surface area contributed by atoms with Gasteiger partial charge in [-0.05, 0) is 48.9 Å². The van der Waals surface area contributed by atoms with Crippen molar-refractivity contribution in [2.24, 2.45) is 5.10 Å². The second-order valence-electron chi connectivity index (χ2n) is 6.59. The highest BCUT2D eigenvalue weighted by Crippen LogP contribution is 2.27. The lowest BCUT2D eigenvalue weighted by molar-refractivity contribution is -0.136. The Morgan fingerprint density at radius 2 is 1.71 bits per heavy atom. The van der Waals surface area contributed by atoms with Gasteiger partial charge in [-0.15, -0.1) is 0 Å². The number of aryl methyl sites for hydroxylation is 1. The van der Waals surface area contributed by atoms with E-state index in [0.29, 0.717) is 27.0 Å². The van der Waals surface area contributed by atoms with Crippen LogP contribution in [0.5, 0.6) is 5.75 Å². The number of amides is 2. The third-order valence-corrected chi connectivity index (χ3v) is 4.86. The average Bonchev–Trinajstić information content (AvgIpc) is 2.75. The van der Waals surface area contributed by atoms with Crippen LogP contribution in [-0.2, 0) is 16.2 Å². The van der Waals surface area contributed by atoms with Crippen molar-refractivity contribution >= 4 is 46.9 Å². The first-order chi connectivity index (χ1) is 14.9. The molecular weight excluding hydrogens is 437 g/mol. The van der Waals surface area contributed by atoms with Crippen molar-refractivity contribution in [3.05, 3.63) is 93.5 Å². The Morgan fingerprint density at radius 3 is 2.42 bits per heavy atom. The van der Waals surface area contributed by atoms with Crippen molar-refractivity contribution in [2.45, 2.75) is 13.5 Å². The summed E-state index contributed by atoms with van der Waals surface area (Å²) in [5, 5.41) is 7.28. The van der Waals surface area contributed by atoms with E-state index >= 15 is 0 Å². The minimum Gasteiger partial charge on any atom is -0.487 e. The molecule has 158 valence electrons. The van der Waals surface area contributed by atoms with E-state index in [1.165, 1.54) is 6.21 Å². The third kappa shape index (κ3) is 6.57. The summed E-state index contributed by atoms with van der Waals surface area (Å²) in [4.78, 5) is 23.8. The number of hydrogen-bond donors (Lipinski definition) is 2. The number of carbonyl (C=O) groups excluding carboxylic acids is 2. The molecule has 0 atom stereocenters. The Balaban J connectivity index is 1.53. The van der Waals surface area contributed by atoms with Crippen molar-refractivity contribution in [1.29, 1.82) is 0 Å². The molecule has 0 fully saturated rings. The Morgan fingerprint density at radius 1 is 0.968 bits per heavy atom. The number of ether oxygens (including phenoxy) is 1. The molecule has 0 radical (unpaired) electrons. The number of rotatable bonds is 6. The molecule has 0 aromatic heterocycles. The molecule has 0 unspecified atom stereocenters. The van der Waals surface area contributed by atoms with Crippen LogP contribution in [0.25, 0.3) is 0 Å². The molecule has 31 heavy (non-hydrogen) atoms. The lowest BCUT2D eigenvalue weighted by Crippen LogP contribution is -2.32. The molecule has 0 heterocycles. The SMILES string of the molecule is Cc1ccc(NC(=O)C(=O)N/N=C\c2ccc(OCc3ccccc3Cl)c(Cl)c2)cc1. The highest BCUT2D eigenvalue weighted by atomic mass is 35.5. The first kappa shape index (κ1) is 22.3. The molecule has 0 spiro atoms. The molecule has 0 saturated carbocycles. The summed E-state index contributed by atoms with van der Waals surface area (Å²) in [7, 11) is 0. The van der Waals surface area contributed by atoms with Crippen molar-refractivity contribution in [1.82, 2.24) is 5.43 Å². The molecule has 6 nitrogen and oxygen atoms in total. The molecule has 0 aliphatic rings. The number of benzene rings is 3. The van der Waals surface area contributed by atoms with E-state index in [-0.39, 0.29) is 6.61 Å². The molecule has 3 aromatic rings. The Labute approximate surface area is 189 Å². The first-order valence-electron chi connectivity index (χ1n) is 9.29. The van der Waals surface area contributed by atoms with Gasteiger partial charge in [-0.3, -0.25) is 9.59 Å². The maximum Gasteiger partial charge on any atom is 0.329 e. The van der Waals surface area contributed by atoms with E-state index in [1.54, 1.807) is 36.4 Å². The summed E-state index contributed by atoms with van der Waals surface area (Å²) in [6, 6.07) is 19.5. The second kappa shape index (κ2) is 10.6. The topological polar surface area (TPSA) is 79.8 Å². The van der Waals surface area contributed by atoms with Gasteiger partial charge in [-0.1, -0.05) is 59.1 Å². The van der Waals surface area contributed by atoms with Crippen LogP contribution < -0.4 is 15.5 Å². The smallest absolute Gasteiger partial charge is 0.329 e. The fourth-order valence-corrected chi connectivity index (χ4v) is 2.96. The van der Waals surface area contributed by atoms with E-state index in [9.17, 15) is 9.59 Å². The quantitative estimate of drug-likeness (QED) is 0.312. The second-order valence-corrected chi connectivity index (χ2v) is 7.40. The molecular formula is C23H19Cl2N3O3. The number of nitrogens with one attached hydrogen (secondary N) is 2. The van der Waals surface area contributed by atoms with Crippen LogP contribution >= 0.6 is 23.2 Å². The van der Waals surface area contributed by atoms with E-state index < -0.39 is 11.8 Å². The van der Waals surface area contributed by atoms with Gasteiger partial charge < -0.3 is 10.1 Å². The monoisotopic (exact) mass is 455 g/mol. The van der Waals surface area contributed by atoms with Crippen molar-refractivity contribution in [2.75, 3.05) is 5.32 Å². The highest BCUT2D eigenvalue weighted by Gasteiger charge is 2.12. The number of nitrogens with zero attached hydrogens (tertiary/aromatic N) is 1. The van der Waals surface area contributed by atoms with Crippen LogP contribution in [0.3, 0.4) is 0 Å². The summed E-state index contributed by atoms with van der Waals surface area (Å²) in [5.41, 5.74) is 5.21. The molecule has 0 saturated heterocycles. The molecule has 2 amide bonds. The summed E-state index contributed by atoms with van der Waals surface area (Å²) >= 11 is 12.4. The fourth-order valence-electron chi connectivity index (χ4n) is 2.53. The number of hydrazone groups is 1. The van der Waals surface area contributed by atoms with Crippen molar-refractivity contribution in [3.63, 3.8) is 0 Å². The average molecular weight is 456 g/mol. The van der Waals surface area contributed by atoms with Gasteiger partial charge in [0.25, 0.3) is 0 Å². The van der Waals surface area contributed by atoms with E-state index in [1.807, 2.05) is 37.3 Å². The van der Waals surface area contributed by atoms with Gasteiger partial charge in [0.15, 0.2) is 0 Å². The fraction of sp³-hybridized carbons (Fsp3) is 0.0870. The predicted molar refractivity (Wildman–Crippen MR) is 123 cm³/mol. The van der Waals surface area contributed by atoms with Crippen LogP contribution in [0, 0.1) is 6.92 Å². The maximum atomic E-state index is 11.9. The molecule has 0 aliphatic heterocycles. The van der Waals surface area contributed by atoms with Crippen LogP contribution in [0.2, 0.25) is 10.0 Å². The first-order valence-corrected chi connectivity index (χ1v) is 10.0. The summed E-state index contributed by atoms with van der Waals surface area (Å²) in [6.45, 7) is 2.20. The minimum absolute atomic E-state index is 0.277. The summed E-state index contributed by atoms with van der Waals surface area (Å²) < 4.78 is 5.71. The number of hydrogen-bond acceptors (Lipinski definition) is 4. The number of carbonyl (C=O) groups is 2. The summed E-state index contributed by atoms with van der Waals surface area (Å²) in [6.07, 6.45) is 1.38. The van der Waals surface area contributed by atoms with Gasteiger partial charge >= 0.3 is 11.8 Å². The van der Waals surface area contributed by atoms with Gasteiger partial charge in [0.1, 0.15) is 12.4 Å². The minimum atomic E-state index is -0.886. The van der Waals surface area contributed by atoms with Crippen LogP contribution in [0.15, 0.2) is 71.8 Å². The summed E-state index contributed by atoms with van der Waals surface area (Å²) in [5.74, 6) is -1.22. The van der Waals surface area contributed by atoms with Gasteiger partial charge in [0.2, 0.25) is 0 Å². The third-order valence-electron chi connectivity index (χ3n) is 4.19. The molecule has 2 N–H and O–H groups in total. The van der Waals surface area contributed by atoms with E-state index in [4.69, 9.17) is 27.9 Å². The van der Waals surface area contributed by atoms with Gasteiger partial charge in [0, 0.05) is 16.3 Å². The standard InChI is InChI=1S/C23H19Cl2N3O3/c1-15-6-9-18(10-7-15)27-22(29)23(30)28-26-13-16-8-11-21(20(25)12-16)31-14-17-4-2-3-5-19(17)24/h2-13H,14H2,1H3,(H,27,29)(H,28,30)/b26-13-. The molecule has 3 rings (SSSR count). The van der Waals surface area contributed by atoms with Crippen molar-refractivity contribution < 1.29 is 14.3 Å². The largest absolute Gasteiger partial charge is 0.487 e. The molecule has 0 aliphatic carbocycles. The van der Waals surface area contributed by atoms with E-state index in [0.717, 1.165) is 11.1 Å². The van der Waals surface area contributed by atoms with Crippen LogP contribution in [-0.4, -0.2) is 18.0 Å². The van der Waals surface area contributed by atoms with Gasteiger partial charge in [-0.2, -0.15) is 5.10 Å². The lowest BCUT2D eigenvalue weighted by Gasteiger charge is -2.09. The number of halogens is 2. The Bertz CT molecular complexity index is 1120. The lowest BCUT2D eigenvalue weighted by atomic mass is 10.2. The molecule has 8 heteroatoms. The zero-order valence-corrected chi connectivity index (χ0v) is 18.1. The van der Waals surface area contributed by atoms with Crippen LogP contribution in [0.4, 0.5) is 5.69 Å². The predicted octanol–water partition coefficient (Wildman–Crippen LogP) is 4.97.